The van der Waals surface area contributed by atoms with Gasteiger partial charge < -0.3 is 10.2 Å². The lowest BCUT2D eigenvalue weighted by atomic mass is 10.1. The van der Waals surface area contributed by atoms with E-state index in [1.54, 1.807) is 23.6 Å². The predicted octanol–water partition coefficient (Wildman–Crippen LogP) is 6.82. The maximum absolute atomic E-state index is 13.4. The van der Waals surface area contributed by atoms with E-state index in [4.69, 9.17) is 11.6 Å². The third-order valence-corrected chi connectivity index (χ3v) is 6.65. The largest absolute Gasteiger partial charge is 0.416 e. The molecule has 0 saturated carbocycles. The van der Waals surface area contributed by atoms with Gasteiger partial charge in [-0.15, -0.1) is 11.3 Å². The second-order valence-electron chi connectivity index (χ2n) is 8.04. The van der Waals surface area contributed by atoms with Gasteiger partial charge in [0.25, 0.3) is 0 Å². The minimum Gasteiger partial charge on any atom is -0.336 e. The number of hydrogen-bond donors (Lipinski definition) is 1. The molecule has 0 unspecified atom stereocenters. The molecule has 1 aliphatic rings. The summed E-state index contributed by atoms with van der Waals surface area (Å²) in [6, 6.07) is 11.3. The number of piperidine rings is 1. The molecule has 0 atom stereocenters. The van der Waals surface area contributed by atoms with Gasteiger partial charge in [0.2, 0.25) is 0 Å². The van der Waals surface area contributed by atoms with Gasteiger partial charge in [-0.2, -0.15) is 13.2 Å². The Morgan fingerprint density at radius 3 is 2.62 bits per heavy atom. The number of benzene rings is 2. The summed E-state index contributed by atoms with van der Waals surface area (Å²) < 4.78 is 40.1. The summed E-state index contributed by atoms with van der Waals surface area (Å²) in [7, 11) is 0. The molecule has 34 heavy (non-hydrogen) atoms. The first-order valence-electron chi connectivity index (χ1n) is 11.0. The van der Waals surface area contributed by atoms with Gasteiger partial charge in [-0.3, -0.25) is 0 Å². The summed E-state index contributed by atoms with van der Waals surface area (Å²) in [5.74, 6) is 0. The first-order valence-corrected chi connectivity index (χ1v) is 12.3. The van der Waals surface area contributed by atoms with Crippen LogP contribution >= 0.6 is 22.9 Å². The average molecular weight is 509 g/mol. The van der Waals surface area contributed by atoms with E-state index >= 15 is 0 Å². The molecule has 0 radical (unpaired) electrons. The number of amides is 2. The lowest BCUT2D eigenvalue weighted by Gasteiger charge is -2.27. The molecule has 0 bridgehead atoms. The summed E-state index contributed by atoms with van der Waals surface area (Å²) in [6.07, 6.45) is -1.04. The topological polar surface area (TPSA) is 48.5 Å². The second kappa shape index (κ2) is 10.8. The Hall–Kier alpha value is -2.62. The van der Waals surface area contributed by atoms with Gasteiger partial charge in [0, 0.05) is 29.1 Å². The maximum atomic E-state index is 13.4. The fraction of sp³-hybridized carbons (Fsp3) is 0.333. The Labute approximate surface area is 205 Å². The number of aromatic nitrogens is 1. The molecule has 2 amide bonds. The first-order chi connectivity index (χ1) is 16.3. The number of thiazole rings is 1. The van der Waals surface area contributed by atoms with Crippen molar-refractivity contribution < 1.29 is 18.0 Å². The molecule has 1 fully saturated rings. The number of halogens is 4. The second-order valence-corrected chi connectivity index (χ2v) is 9.32. The van der Waals surface area contributed by atoms with E-state index in [1.165, 1.54) is 34.8 Å². The highest BCUT2D eigenvalue weighted by molar-refractivity contribution is 7.14. The van der Waals surface area contributed by atoms with Crippen molar-refractivity contribution in [2.75, 3.05) is 31.1 Å². The number of likely N-dealkylation sites (tertiary alicyclic amines) is 1. The SMILES string of the molecule is O=C(NCCN1CCCCC1)N(c1cccc(C(F)(F)F)c1)c1nc(-c2cccc(Cl)c2)cs1. The van der Waals surface area contributed by atoms with Crippen molar-refractivity contribution in [3.63, 3.8) is 0 Å². The zero-order chi connectivity index (χ0) is 24.1. The number of anilines is 2. The average Bonchev–Trinajstić information content (AvgIpc) is 3.29. The first kappa shape index (κ1) is 24.5. The van der Waals surface area contributed by atoms with Crippen molar-refractivity contribution in [2.24, 2.45) is 0 Å². The van der Waals surface area contributed by atoms with Crippen LogP contribution in [0.3, 0.4) is 0 Å². The van der Waals surface area contributed by atoms with E-state index in [-0.39, 0.29) is 10.8 Å². The van der Waals surface area contributed by atoms with Crippen molar-refractivity contribution in [1.82, 2.24) is 15.2 Å². The monoisotopic (exact) mass is 508 g/mol. The van der Waals surface area contributed by atoms with Gasteiger partial charge in [-0.1, -0.05) is 36.2 Å². The normalized spacial score (nSPS) is 14.7. The van der Waals surface area contributed by atoms with E-state index in [0.29, 0.717) is 23.8 Å². The summed E-state index contributed by atoms with van der Waals surface area (Å²) in [6.45, 7) is 3.06. The molecule has 2 heterocycles. The van der Waals surface area contributed by atoms with Crippen molar-refractivity contribution in [3.05, 3.63) is 64.5 Å². The highest BCUT2D eigenvalue weighted by Gasteiger charge is 2.32. The van der Waals surface area contributed by atoms with E-state index in [0.717, 1.165) is 43.6 Å². The summed E-state index contributed by atoms with van der Waals surface area (Å²) in [5, 5.41) is 5.41. The fourth-order valence-corrected chi connectivity index (χ4v) is 4.91. The van der Waals surface area contributed by atoms with Crippen LogP contribution in [-0.4, -0.2) is 42.1 Å². The van der Waals surface area contributed by atoms with Crippen molar-refractivity contribution in [3.8, 4) is 11.3 Å². The molecule has 3 aromatic rings. The third kappa shape index (κ3) is 6.08. The zero-order valence-corrected chi connectivity index (χ0v) is 19.9. The molecular formula is C24H24ClF3N4OS. The van der Waals surface area contributed by atoms with Crippen LogP contribution in [0, 0.1) is 0 Å². The molecule has 1 aliphatic heterocycles. The number of carbonyl (C=O) groups is 1. The van der Waals surface area contributed by atoms with E-state index in [9.17, 15) is 18.0 Å². The minimum atomic E-state index is -4.53. The van der Waals surface area contributed by atoms with Crippen LogP contribution in [-0.2, 0) is 6.18 Å². The number of rotatable bonds is 6. The Morgan fingerprint density at radius 1 is 1.12 bits per heavy atom. The van der Waals surface area contributed by atoms with Gasteiger partial charge >= 0.3 is 12.2 Å². The number of nitrogens with zero attached hydrogens (tertiary/aromatic N) is 3. The van der Waals surface area contributed by atoms with Crippen molar-refractivity contribution in [1.29, 1.82) is 0 Å². The third-order valence-electron chi connectivity index (χ3n) is 5.59. The molecule has 5 nitrogen and oxygen atoms in total. The number of carbonyl (C=O) groups excluding carboxylic acids is 1. The molecule has 1 N–H and O–H groups in total. The van der Waals surface area contributed by atoms with Crippen molar-refractivity contribution in [2.45, 2.75) is 25.4 Å². The highest BCUT2D eigenvalue weighted by Crippen LogP contribution is 2.36. The Kier molecular flexibility index (Phi) is 7.75. The van der Waals surface area contributed by atoms with Crippen LogP contribution in [0.4, 0.5) is 28.8 Å². The predicted molar refractivity (Wildman–Crippen MR) is 130 cm³/mol. The highest BCUT2D eigenvalue weighted by atomic mass is 35.5. The molecule has 0 aliphatic carbocycles. The minimum absolute atomic E-state index is 0.0947. The number of alkyl halides is 3. The van der Waals surface area contributed by atoms with Crippen LogP contribution in [0.15, 0.2) is 53.9 Å². The molecule has 4 rings (SSSR count). The number of nitrogens with one attached hydrogen (secondary N) is 1. The Balaban J connectivity index is 1.60. The molecule has 1 aromatic heterocycles. The van der Waals surface area contributed by atoms with Crippen LogP contribution in [0.2, 0.25) is 5.02 Å². The molecule has 10 heteroatoms. The number of hydrogen-bond acceptors (Lipinski definition) is 4. The molecular weight excluding hydrogens is 485 g/mol. The molecule has 2 aromatic carbocycles. The van der Waals surface area contributed by atoms with Gasteiger partial charge in [0.15, 0.2) is 5.13 Å². The van der Waals surface area contributed by atoms with Gasteiger partial charge in [0.05, 0.1) is 16.9 Å². The maximum Gasteiger partial charge on any atom is 0.416 e. The Morgan fingerprint density at radius 2 is 1.88 bits per heavy atom. The van der Waals surface area contributed by atoms with Crippen molar-refractivity contribution >= 4 is 39.8 Å². The standard InChI is InChI=1S/C24H24ClF3N4OS/c25-19-8-4-6-17(14-19)21-16-34-23(30-21)32(20-9-5-7-18(15-20)24(26,27)28)22(33)29-10-13-31-11-2-1-3-12-31/h4-9,14-16H,1-3,10-13H2,(H,29,33). The van der Waals surface area contributed by atoms with Crippen LogP contribution in [0.1, 0.15) is 24.8 Å². The smallest absolute Gasteiger partial charge is 0.336 e. The van der Waals surface area contributed by atoms with Gasteiger partial charge in [0.1, 0.15) is 0 Å². The van der Waals surface area contributed by atoms with E-state index < -0.39 is 17.8 Å². The van der Waals surface area contributed by atoms with Gasteiger partial charge in [-0.05, 0) is 56.3 Å². The summed E-state index contributed by atoms with van der Waals surface area (Å²) >= 11 is 7.26. The lowest BCUT2D eigenvalue weighted by Crippen LogP contribution is -2.42. The van der Waals surface area contributed by atoms with Crippen LogP contribution in [0.5, 0.6) is 0 Å². The number of urea groups is 1. The summed E-state index contributed by atoms with van der Waals surface area (Å²) in [4.78, 5) is 21.2. The molecule has 1 saturated heterocycles. The quantitative estimate of drug-likeness (QED) is 0.397. The molecule has 0 spiro atoms. The zero-order valence-electron chi connectivity index (χ0n) is 18.3. The fourth-order valence-electron chi connectivity index (χ4n) is 3.87. The Bertz CT molecular complexity index is 1130. The lowest BCUT2D eigenvalue weighted by molar-refractivity contribution is -0.137. The van der Waals surface area contributed by atoms with Crippen LogP contribution in [0.25, 0.3) is 11.3 Å². The van der Waals surface area contributed by atoms with Crippen LogP contribution < -0.4 is 10.2 Å². The summed E-state index contributed by atoms with van der Waals surface area (Å²) in [5.41, 5.74) is 0.602. The molecule has 180 valence electrons. The van der Waals surface area contributed by atoms with Gasteiger partial charge in [-0.25, -0.2) is 14.7 Å². The van der Waals surface area contributed by atoms with E-state index in [1.807, 2.05) is 6.07 Å². The van der Waals surface area contributed by atoms with E-state index in [2.05, 4.69) is 15.2 Å².